The first-order valence-electron chi connectivity index (χ1n) is 16.4. The fourth-order valence-corrected chi connectivity index (χ4v) is 8.09. The third-order valence-corrected chi connectivity index (χ3v) is 10.2. The summed E-state index contributed by atoms with van der Waals surface area (Å²) in [6.07, 6.45) is 0. The molecule has 6 heteroatoms. The fraction of sp³-hybridized carbons (Fsp3) is 0. The summed E-state index contributed by atoms with van der Waals surface area (Å²) < 4.78 is 17.5. The molecule has 11 rings (SSSR count). The molecule has 0 aliphatic heterocycles. The van der Waals surface area contributed by atoms with Crippen molar-refractivity contribution >= 4 is 87.5 Å². The van der Waals surface area contributed by atoms with Crippen LogP contribution in [-0.2, 0) is 0 Å². The Bertz CT molecular complexity index is 3130. The second kappa shape index (κ2) is 9.64. The van der Waals surface area contributed by atoms with E-state index in [4.69, 9.17) is 8.83 Å². The van der Waals surface area contributed by atoms with E-state index in [9.17, 15) is 10.5 Å². The highest BCUT2D eigenvalue weighted by Crippen LogP contribution is 2.44. The Morgan fingerprint density at radius 3 is 1.26 bits per heavy atom. The number of hydrogen-bond donors (Lipinski definition) is 0. The third kappa shape index (κ3) is 3.34. The Hall–Kier alpha value is -7.28. The van der Waals surface area contributed by atoms with Crippen molar-refractivity contribution in [2.45, 2.75) is 0 Å². The van der Waals surface area contributed by atoms with Gasteiger partial charge in [0.2, 0.25) is 0 Å². The molecular weight excluding hydrogens is 617 g/mol. The third-order valence-electron chi connectivity index (χ3n) is 10.2. The van der Waals surface area contributed by atoms with Crippen LogP contribution in [0.5, 0.6) is 0 Å². The maximum Gasteiger partial charge on any atom is 0.160 e. The van der Waals surface area contributed by atoms with Gasteiger partial charge in [-0.05, 0) is 48.5 Å². The largest absolute Gasteiger partial charge is 0.454 e. The minimum absolute atomic E-state index is 0.385. The predicted molar refractivity (Wildman–Crippen MR) is 199 cm³/mol. The molecule has 4 heterocycles. The molecule has 0 saturated carbocycles. The summed E-state index contributed by atoms with van der Waals surface area (Å²) in [6.45, 7) is 0. The average molecular weight is 639 g/mol. The van der Waals surface area contributed by atoms with E-state index in [1.54, 1.807) is 6.07 Å². The predicted octanol–water partition coefficient (Wildman–Crippen LogP) is 11.4. The zero-order chi connectivity index (χ0) is 33.1. The highest BCUT2D eigenvalue weighted by molar-refractivity contribution is 6.23. The van der Waals surface area contributed by atoms with Gasteiger partial charge in [-0.2, -0.15) is 10.5 Å². The Labute approximate surface area is 283 Å². The Balaban J connectivity index is 1.33. The molecule has 50 heavy (non-hydrogen) atoms. The zero-order valence-electron chi connectivity index (χ0n) is 26.3. The number of nitrogens with zero attached hydrogens (tertiary/aromatic N) is 4. The number of aromatic nitrogens is 2. The van der Waals surface area contributed by atoms with Gasteiger partial charge in [0.15, 0.2) is 11.2 Å². The van der Waals surface area contributed by atoms with Crippen LogP contribution in [0.15, 0.2) is 142 Å². The van der Waals surface area contributed by atoms with Gasteiger partial charge in [0.1, 0.15) is 23.3 Å². The van der Waals surface area contributed by atoms with Crippen LogP contribution in [0, 0.1) is 22.7 Å². The number of hydrogen-bond acceptors (Lipinski definition) is 4. The molecule has 0 unspecified atom stereocenters. The molecule has 0 bridgehead atoms. The van der Waals surface area contributed by atoms with Crippen molar-refractivity contribution in [2.24, 2.45) is 0 Å². The molecule has 0 amide bonds. The SMILES string of the molecule is N#Cc1cc(C#N)c(-n2c3ccccc3c3ccc4c5ccccc5oc4c32)cc1-n1c2ccccc2c2ccc3c4ccccc4oc3c21. The lowest BCUT2D eigenvalue weighted by molar-refractivity contribution is 0.671. The van der Waals surface area contributed by atoms with Gasteiger partial charge in [-0.1, -0.05) is 84.9 Å². The molecule has 0 aliphatic carbocycles. The number of para-hydroxylation sites is 4. The Morgan fingerprint density at radius 1 is 0.400 bits per heavy atom. The summed E-state index contributed by atoms with van der Waals surface area (Å²) in [5.41, 5.74) is 8.78. The summed E-state index contributed by atoms with van der Waals surface area (Å²) in [5.74, 6) is 0. The lowest BCUT2D eigenvalue weighted by Gasteiger charge is -2.16. The second-order valence-electron chi connectivity index (χ2n) is 12.7. The first-order chi connectivity index (χ1) is 24.7. The van der Waals surface area contributed by atoms with Gasteiger partial charge >= 0.3 is 0 Å². The van der Waals surface area contributed by atoms with E-state index >= 15 is 0 Å². The topological polar surface area (TPSA) is 83.7 Å². The van der Waals surface area contributed by atoms with E-state index < -0.39 is 0 Å². The molecule has 11 aromatic rings. The van der Waals surface area contributed by atoms with Crippen LogP contribution in [-0.4, -0.2) is 9.13 Å². The molecule has 0 atom stereocenters. The monoisotopic (exact) mass is 638 g/mol. The van der Waals surface area contributed by atoms with E-state index in [0.717, 1.165) is 87.5 Å². The fourth-order valence-electron chi connectivity index (χ4n) is 8.09. The molecular formula is C44H22N4O2. The van der Waals surface area contributed by atoms with E-state index in [-0.39, 0.29) is 0 Å². The molecule has 4 aromatic heterocycles. The van der Waals surface area contributed by atoms with E-state index in [1.807, 2.05) is 66.7 Å². The van der Waals surface area contributed by atoms with Crippen molar-refractivity contribution in [3.63, 3.8) is 0 Å². The molecule has 0 aliphatic rings. The van der Waals surface area contributed by atoms with Crippen LogP contribution in [0.2, 0.25) is 0 Å². The standard InChI is InChI=1S/C44H22N4O2/c45-23-25-21-26(24-46)38(48-36-14-6-2-10-28(36)32-18-20-34-30-12-4-8-16-40(30)50-44(34)42(32)48)22-37(25)47-35-13-5-1-9-27(35)31-17-19-33-29-11-3-7-15-39(29)49-43(33)41(31)47/h1-22H. The smallest absolute Gasteiger partial charge is 0.160 e. The van der Waals surface area contributed by atoms with Gasteiger partial charge in [0.05, 0.1) is 44.6 Å². The average Bonchev–Trinajstić information content (AvgIpc) is 3.92. The second-order valence-corrected chi connectivity index (χ2v) is 12.7. The maximum atomic E-state index is 10.7. The van der Waals surface area contributed by atoms with Crippen molar-refractivity contribution in [3.8, 4) is 23.5 Å². The number of fused-ring (bicyclic) bond motifs is 14. The van der Waals surface area contributed by atoms with Gasteiger partial charge in [0, 0.05) is 43.1 Å². The maximum absolute atomic E-state index is 10.7. The highest BCUT2D eigenvalue weighted by Gasteiger charge is 2.25. The van der Waals surface area contributed by atoms with Crippen LogP contribution in [0.3, 0.4) is 0 Å². The van der Waals surface area contributed by atoms with Crippen LogP contribution in [0.25, 0.3) is 98.9 Å². The summed E-state index contributed by atoms with van der Waals surface area (Å²) >= 11 is 0. The first kappa shape index (κ1) is 26.8. The minimum atomic E-state index is 0.385. The summed E-state index contributed by atoms with van der Waals surface area (Å²) in [5, 5.41) is 29.5. The highest BCUT2D eigenvalue weighted by atomic mass is 16.3. The summed E-state index contributed by atoms with van der Waals surface area (Å²) in [6, 6.07) is 49.6. The molecule has 0 fully saturated rings. The normalized spacial score (nSPS) is 12.0. The number of benzene rings is 7. The van der Waals surface area contributed by atoms with Gasteiger partial charge < -0.3 is 18.0 Å². The van der Waals surface area contributed by atoms with Crippen LogP contribution in [0.1, 0.15) is 11.1 Å². The van der Waals surface area contributed by atoms with Crippen LogP contribution in [0.4, 0.5) is 0 Å². The van der Waals surface area contributed by atoms with Crippen LogP contribution < -0.4 is 0 Å². The van der Waals surface area contributed by atoms with E-state index in [2.05, 4.69) is 81.9 Å². The summed E-state index contributed by atoms with van der Waals surface area (Å²) in [4.78, 5) is 0. The van der Waals surface area contributed by atoms with Crippen molar-refractivity contribution in [1.82, 2.24) is 9.13 Å². The first-order valence-corrected chi connectivity index (χ1v) is 16.4. The minimum Gasteiger partial charge on any atom is -0.454 e. The van der Waals surface area contributed by atoms with Crippen molar-refractivity contribution in [1.29, 1.82) is 10.5 Å². The van der Waals surface area contributed by atoms with E-state index in [1.165, 1.54) is 0 Å². The molecule has 0 spiro atoms. The lowest BCUT2D eigenvalue weighted by Crippen LogP contribution is -2.04. The van der Waals surface area contributed by atoms with Gasteiger partial charge in [-0.15, -0.1) is 0 Å². The van der Waals surface area contributed by atoms with Gasteiger partial charge in [0.25, 0.3) is 0 Å². The zero-order valence-corrected chi connectivity index (χ0v) is 26.3. The number of nitriles is 2. The molecule has 0 saturated heterocycles. The van der Waals surface area contributed by atoms with Gasteiger partial charge in [-0.25, -0.2) is 0 Å². The number of rotatable bonds is 2. The Kier molecular flexibility index (Phi) is 5.16. The Morgan fingerprint density at radius 2 is 0.800 bits per heavy atom. The molecule has 230 valence electrons. The molecule has 7 aromatic carbocycles. The molecule has 0 radical (unpaired) electrons. The van der Waals surface area contributed by atoms with E-state index in [0.29, 0.717) is 22.5 Å². The van der Waals surface area contributed by atoms with Crippen molar-refractivity contribution in [3.05, 3.63) is 145 Å². The summed E-state index contributed by atoms with van der Waals surface area (Å²) in [7, 11) is 0. The quantitative estimate of drug-likeness (QED) is 0.189. The van der Waals surface area contributed by atoms with Crippen LogP contribution >= 0.6 is 0 Å². The molecule has 6 nitrogen and oxygen atoms in total. The van der Waals surface area contributed by atoms with Crippen molar-refractivity contribution in [2.75, 3.05) is 0 Å². The number of furan rings is 2. The lowest BCUT2D eigenvalue weighted by atomic mass is 10.1. The van der Waals surface area contributed by atoms with Crippen molar-refractivity contribution < 1.29 is 8.83 Å². The van der Waals surface area contributed by atoms with Gasteiger partial charge in [-0.3, -0.25) is 0 Å². The molecule has 0 N–H and O–H groups in total.